The smallest absolute Gasteiger partial charge is 0.0991 e. The van der Waals surface area contributed by atoms with Crippen LogP contribution < -0.4 is 0 Å². The molecule has 1 aliphatic carbocycles. The van der Waals surface area contributed by atoms with Crippen LogP contribution in [0, 0.1) is 11.3 Å². The molecule has 0 N–H and O–H groups in total. The van der Waals surface area contributed by atoms with Gasteiger partial charge in [-0.1, -0.05) is 178 Å². The van der Waals surface area contributed by atoms with E-state index in [9.17, 15) is 5.26 Å². The van der Waals surface area contributed by atoms with E-state index in [1.807, 2.05) is 18.2 Å². The summed E-state index contributed by atoms with van der Waals surface area (Å²) in [6.45, 7) is 4.69. The first-order valence-electron chi connectivity index (χ1n) is 22.6. The zero-order valence-electron chi connectivity index (χ0n) is 36.7. The molecule has 310 valence electrons. The third kappa shape index (κ3) is 6.62. The highest BCUT2D eigenvalue weighted by atomic mass is 15.0. The number of nitrogens with zero attached hydrogens (tertiary/aromatic N) is 3. The molecule has 12 rings (SSSR count). The van der Waals surface area contributed by atoms with Crippen LogP contribution in [0.5, 0.6) is 0 Å². The average Bonchev–Trinajstić information content (AvgIpc) is 3.83. The van der Waals surface area contributed by atoms with Crippen molar-refractivity contribution in [2.24, 2.45) is 0 Å². The van der Waals surface area contributed by atoms with Crippen LogP contribution in [0.4, 0.5) is 0 Å². The largest absolute Gasteiger partial charge is 0.309 e. The van der Waals surface area contributed by atoms with Gasteiger partial charge in [-0.15, -0.1) is 0 Å². The average molecular weight is 842 g/mol. The van der Waals surface area contributed by atoms with Crippen molar-refractivity contribution in [2.45, 2.75) is 19.3 Å². The Balaban J connectivity index is 1.08. The molecule has 0 saturated heterocycles. The van der Waals surface area contributed by atoms with Gasteiger partial charge < -0.3 is 4.57 Å². The van der Waals surface area contributed by atoms with Crippen molar-refractivity contribution in [3.8, 4) is 89.9 Å². The van der Waals surface area contributed by atoms with Crippen molar-refractivity contribution < 1.29 is 0 Å². The second kappa shape index (κ2) is 15.6. The Morgan fingerprint density at radius 3 is 1.62 bits per heavy atom. The number of pyridine rings is 1. The first-order chi connectivity index (χ1) is 32.4. The molecule has 0 bridgehead atoms. The first-order valence-corrected chi connectivity index (χ1v) is 22.6. The summed E-state index contributed by atoms with van der Waals surface area (Å²) in [6, 6.07) is 82.6. The number of benzene rings is 9. The first kappa shape index (κ1) is 39.0. The van der Waals surface area contributed by atoms with Crippen molar-refractivity contribution >= 4 is 21.8 Å². The number of para-hydroxylation sites is 1. The van der Waals surface area contributed by atoms with Gasteiger partial charge in [-0.25, -0.2) is 4.98 Å². The SMILES string of the molecule is CC1(C)c2ccccc2-c2cc3c4ccccc4n(-c4cc(-c5cccc(C#N)c5)cc(-c5cc(-c6ccc(-c7ccccc7)cc6)cc(-c6ccc(-c7ccccc7)cc6)n5)c4)c3cc21. The predicted molar refractivity (Wildman–Crippen MR) is 273 cm³/mol. The number of aromatic nitrogens is 2. The van der Waals surface area contributed by atoms with Crippen molar-refractivity contribution in [3.63, 3.8) is 0 Å². The Kier molecular flexibility index (Phi) is 9.22. The molecule has 0 fully saturated rings. The molecule has 66 heavy (non-hydrogen) atoms. The molecule has 3 nitrogen and oxygen atoms in total. The molecular weight excluding hydrogens is 799 g/mol. The molecule has 1 aliphatic rings. The summed E-state index contributed by atoms with van der Waals surface area (Å²) in [7, 11) is 0. The molecule has 3 heteroatoms. The number of rotatable bonds is 7. The second-order valence-corrected chi connectivity index (χ2v) is 17.9. The van der Waals surface area contributed by atoms with E-state index in [0.717, 1.165) is 67.1 Å². The zero-order valence-corrected chi connectivity index (χ0v) is 36.7. The van der Waals surface area contributed by atoms with Crippen LogP contribution in [0.3, 0.4) is 0 Å². The Morgan fingerprint density at radius 1 is 0.379 bits per heavy atom. The maximum Gasteiger partial charge on any atom is 0.0991 e. The maximum absolute atomic E-state index is 10.0. The quantitative estimate of drug-likeness (QED) is 0.160. The summed E-state index contributed by atoms with van der Waals surface area (Å²) in [5.74, 6) is 0. The summed E-state index contributed by atoms with van der Waals surface area (Å²) in [5.41, 5.74) is 21.7. The van der Waals surface area contributed by atoms with E-state index in [-0.39, 0.29) is 5.41 Å². The van der Waals surface area contributed by atoms with E-state index in [2.05, 4.69) is 231 Å². The van der Waals surface area contributed by atoms with Crippen molar-refractivity contribution in [1.29, 1.82) is 5.26 Å². The Hall–Kier alpha value is -8.58. The minimum absolute atomic E-state index is 0.161. The molecule has 0 unspecified atom stereocenters. The minimum Gasteiger partial charge on any atom is -0.309 e. The second-order valence-electron chi connectivity index (χ2n) is 17.9. The highest BCUT2D eigenvalue weighted by Gasteiger charge is 2.36. The summed E-state index contributed by atoms with van der Waals surface area (Å²) in [6.07, 6.45) is 0. The lowest BCUT2D eigenvalue weighted by molar-refractivity contribution is 0.661. The van der Waals surface area contributed by atoms with Crippen molar-refractivity contribution in [1.82, 2.24) is 9.55 Å². The normalized spacial score (nSPS) is 12.5. The van der Waals surface area contributed by atoms with Crippen LogP contribution in [0.1, 0.15) is 30.5 Å². The van der Waals surface area contributed by atoms with Gasteiger partial charge in [0.15, 0.2) is 0 Å². The van der Waals surface area contributed by atoms with Gasteiger partial charge in [0.25, 0.3) is 0 Å². The third-order valence-electron chi connectivity index (χ3n) is 13.6. The van der Waals surface area contributed by atoms with Crippen LogP contribution in [-0.2, 0) is 5.41 Å². The van der Waals surface area contributed by atoms with Crippen molar-refractivity contribution in [3.05, 3.63) is 241 Å². The van der Waals surface area contributed by atoms with Gasteiger partial charge in [0.05, 0.1) is 34.1 Å². The maximum atomic E-state index is 10.0. The number of nitriles is 1. The topological polar surface area (TPSA) is 41.6 Å². The summed E-state index contributed by atoms with van der Waals surface area (Å²) >= 11 is 0. The third-order valence-corrected chi connectivity index (χ3v) is 13.6. The van der Waals surface area contributed by atoms with E-state index in [0.29, 0.717) is 5.56 Å². The Labute approximate surface area is 385 Å². The van der Waals surface area contributed by atoms with E-state index >= 15 is 0 Å². The molecule has 11 aromatic rings. The highest BCUT2D eigenvalue weighted by molar-refractivity contribution is 6.12. The Bertz CT molecular complexity index is 3600. The highest BCUT2D eigenvalue weighted by Crippen LogP contribution is 2.51. The number of hydrogen-bond acceptors (Lipinski definition) is 2. The summed E-state index contributed by atoms with van der Waals surface area (Å²) < 4.78 is 2.43. The molecule has 0 radical (unpaired) electrons. The fraction of sp³-hybridized carbons (Fsp3) is 0.0476. The Morgan fingerprint density at radius 2 is 0.924 bits per heavy atom. The fourth-order valence-corrected chi connectivity index (χ4v) is 10.2. The van der Waals surface area contributed by atoms with E-state index in [1.54, 1.807) is 0 Å². The molecule has 0 amide bonds. The van der Waals surface area contributed by atoms with Gasteiger partial charge in [-0.2, -0.15) is 5.26 Å². The van der Waals surface area contributed by atoms with E-state index < -0.39 is 0 Å². The lowest BCUT2D eigenvalue weighted by Crippen LogP contribution is -2.15. The molecule has 0 saturated carbocycles. The van der Waals surface area contributed by atoms with Gasteiger partial charge in [-0.3, -0.25) is 0 Å². The summed E-state index contributed by atoms with van der Waals surface area (Å²) in [4.78, 5) is 5.51. The molecule has 2 aromatic heterocycles. The van der Waals surface area contributed by atoms with Gasteiger partial charge in [-0.05, 0) is 127 Å². The number of hydrogen-bond donors (Lipinski definition) is 0. The van der Waals surface area contributed by atoms with Crippen LogP contribution in [0.15, 0.2) is 224 Å². The molecule has 2 heterocycles. The van der Waals surface area contributed by atoms with Crippen LogP contribution in [0.25, 0.3) is 106 Å². The van der Waals surface area contributed by atoms with Crippen LogP contribution in [-0.4, -0.2) is 9.55 Å². The zero-order chi connectivity index (χ0) is 44.4. The lowest BCUT2D eigenvalue weighted by Gasteiger charge is -2.22. The molecular formula is C63H43N3. The molecule has 0 aliphatic heterocycles. The van der Waals surface area contributed by atoms with Gasteiger partial charge >= 0.3 is 0 Å². The van der Waals surface area contributed by atoms with E-state index in [4.69, 9.17) is 4.98 Å². The predicted octanol–water partition coefficient (Wildman–Crippen LogP) is 16.4. The van der Waals surface area contributed by atoms with E-state index in [1.165, 1.54) is 49.7 Å². The fourth-order valence-electron chi connectivity index (χ4n) is 10.2. The van der Waals surface area contributed by atoms with Crippen molar-refractivity contribution in [2.75, 3.05) is 0 Å². The monoisotopic (exact) mass is 841 g/mol. The minimum atomic E-state index is -0.161. The molecule has 9 aromatic carbocycles. The van der Waals surface area contributed by atoms with Gasteiger partial charge in [0.1, 0.15) is 0 Å². The van der Waals surface area contributed by atoms with Crippen LogP contribution in [0.2, 0.25) is 0 Å². The van der Waals surface area contributed by atoms with Crippen LogP contribution >= 0.6 is 0 Å². The number of fused-ring (bicyclic) bond motifs is 6. The molecule has 0 atom stereocenters. The van der Waals surface area contributed by atoms with Gasteiger partial charge in [0, 0.05) is 33.0 Å². The summed E-state index contributed by atoms with van der Waals surface area (Å²) in [5, 5.41) is 12.5. The molecule has 0 spiro atoms. The van der Waals surface area contributed by atoms with Gasteiger partial charge in [0.2, 0.25) is 0 Å². The lowest BCUT2D eigenvalue weighted by atomic mass is 9.82. The standard InChI is InChI=1S/C63H43N3/c1-63(2)57-22-11-9-20-53(57)55-38-56-54-21-10-12-23-61(54)66(62(56)39-58(55)63)52-34-49(48-19-13-14-41(32-48)40-64)33-51(35-52)60-37-50(46-26-24-44(25-27-46)42-15-5-3-6-16-42)36-59(65-60)47-30-28-45(29-31-47)43-17-7-4-8-18-43/h3-39H,1-2H3.